The van der Waals surface area contributed by atoms with E-state index in [1.54, 1.807) is 42.3 Å². The molecule has 0 atom stereocenters. The summed E-state index contributed by atoms with van der Waals surface area (Å²) in [4.78, 5) is 40.3. The smallest absolute Gasteiger partial charge is 0.416 e. The Bertz CT molecular complexity index is 1310. The van der Waals surface area contributed by atoms with Gasteiger partial charge in [0, 0.05) is 39.3 Å². The minimum absolute atomic E-state index is 0.0765. The normalized spacial score (nSPS) is 17.4. The van der Waals surface area contributed by atoms with Gasteiger partial charge in [-0.1, -0.05) is 36.1 Å². The highest BCUT2D eigenvalue weighted by atomic mass is 32.2. The summed E-state index contributed by atoms with van der Waals surface area (Å²) in [6.45, 7) is 0.672. The lowest BCUT2D eigenvalue weighted by molar-refractivity contribution is -0.384. The van der Waals surface area contributed by atoms with E-state index in [0.29, 0.717) is 21.0 Å². The number of thiocarbonyl (C=S) groups is 1. The molecular formula is C24H21F3N4O5S2. The minimum atomic E-state index is -4.69. The third-order valence-corrected chi connectivity index (χ3v) is 7.48. The van der Waals surface area contributed by atoms with E-state index in [1.807, 2.05) is 0 Å². The number of thioether (sulfide) groups is 1. The van der Waals surface area contributed by atoms with Gasteiger partial charge in [-0.2, -0.15) is 13.2 Å². The van der Waals surface area contributed by atoms with Gasteiger partial charge >= 0.3 is 6.18 Å². The highest BCUT2D eigenvalue weighted by molar-refractivity contribution is 8.26. The summed E-state index contributed by atoms with van der Waals surface area (Å²) < 4.78 is 45.0. The van der Waals surface area contributed by atoms with Crippen LogP contribution in [-0.4, -0.2) is 70.7 Å². The molecule has 2 heterocycles. The lowest BCUT2D eigenvalue weighted by Crippen LogP contribution is -2.50. The second-order valence-corrected chi connectivity index (χ2v) is 10.1. The number of nitro benzene ring substituents is 1. The fourth-order valence-electron chi connectivity index (χ4n) is 3.90. The number of hydrogen-bond acceptors (Lipinski definition) is 8. The summed E-state index contributed by atoms with van der Waals surface area (Å²) in [6.07, 6.45) is -2.97. The van der Waals surface area contributed by atoms with Gasteiger partial charge in [0.15, 0.2) is 6.61 Å². The largest absolute Gasteiger partial charge is 0.484 e. The predicted molar refractivity (Wildman–Crippen MR) is 140 cm³/mol. The van der Waals surface area contributed by atoms with E-state index in [9.17, 15) is 32.9 Å². The fraction of sp³-hybridized carbons (Fsp3) is 0.292. The Morgan fingerprint density at radius 3 is 2.37 bits per heavy atom. The molecule has 0 radical (unpaired) electrons. The Labute approximate surface area is 225 Å². The number of amides is 2. The molecule has 0 aromatic heterocycles. The van der Waals surface area contributed by atoms with Crippen molar-refractivity contribution in [2.75, 3.05) is 44.7 Å². The third-order valence-electron chi connectivity index (χ3n) is 6.00. The number of halogens is 3. The van der Waals surface area contributed by atoms with E-state index in [2.05, 4.69) is 0 Å². The minimum Gasteiger partial charge on any atom is -0.484 e. The molecule has 0 saturated carbocycles. The van der Waals surface area contributed by atoms with Gasteiger partial charge in [-0.05, 0) is 35.9 Å². The molecule has 0 spiro atoms. The molecule has 2 aromatic rings. The quantitative estimate of drug-likeness (QED) is 0.223. The van der Waals surface area contributed by atoms with Gasteiger partial charge in [0.1, 0.15) is 15.8 Å². The van der Waals surface area contributed by atoms with Gasteiger partial charge in [0.05, 0.1) is 15.4 Å². The SMILES string of the molecule is CN1C(=O)/C(=C\c2ccc(OCC(=O)N3CCN(c4ccc(C(F)(F)F)cc4[N+](=O)[O-])CC3)cc2)SC1=S. The molecule has 0 unspecified atom stereocenters. The van der Waals surface area contributed by atoms with Crippen LogP contribution < -0.4 is 9.64 Å². The van der Waals surface area contributed by atoms with Crippen molar-refractivity contribution < 1.29 is 32.4 Å². The number of carbonyl (C=O) groups excluding carboxylic acids is 2. The molecule has 4 rings (SSSR count). The molecular weight excluding hydrogens is 545 g/mol. The number of anilines is 1. The number of alkyl halides is 3. The first kappa shape index (κ1) is 27.4. The summed E-state index contributed by atoms with van der Waals surface area (Å²) in [5.41, 5.74) is -0.877. The molecule has 0 aliphatic carbocycles. The van der Waals surface area contributed by atoms with E-state index in [4.69, 9.17) is 17.0 Å². The van der Waals surface area contributed by atoms with Crippen LogP contribution in [0.2, 0.25) is 0 Å². The zero-order chi connectivity index (χ0) is 27.6. The number of likely N-dealkylation sites (N-methyl/N-ethyl adjacent to an activating group) is 1. The maximum absolute atomic E-state index is 13.0. The molecule has 200 valence electrons. The van der Waals surface area contributed by atoms with Crippen LogP contribution in [0, 0.1) is 10.1 Å². The Morgan fingerprint density at radius 2 is 1.82 bits per heavy atom. The Morgan fingerprint density at radius 1 is 1.16 bits per heavy atom. The van der Waals surface area contributed by atoms with Crippen LogP contribution in [0.3, 0.4) is 0 Å². The summed E-state index contributed by atoms with van der Waals surface area (Å²) in [6, 6.07) is 9.28. The van der Waals surface area contributed by atoms with E-state index < -0.39 is 22.4 Å². The molecule has 2 aliphatic rings. The summed E-state index contributed by atoms with van der Waals surface area (Å²) >= 11 is 6.33. The lowest BCUT2D eigenvalue weighted by atomic mass is 10.1. The van der Waals surface area contributed by atoms with E-state index >= 15 is 0 Å². The number of rotatable bonds is 6. The zero-order valence-electron chi connectivity index (χ0n) is 19.9. The van der Waals surface area contributed by atoms with Crippen molar-refractivity contribution >= 4 is 57.6 Å². The molecule has 9 nitrogen and oxygen atoms in total. The van der Waals surface area contributed by atoms with Crippen LogP contribution in [0.1, 0.15) is 11.1 Å². The molecule has 2 saturated heterocycles. The van der Waals surface area contributed by atoms with Crippen molar-refractivity contribution in [3.05, 3.63) is 68.6 Å². The van der Waals surface area contributed by atoms with Gasteiger partial charge in [0.25, 0.3) is 17.5 Å². The molecule has 2 aliphatic heterocycles. The van der Waals surface area contributed by atoms with Crippen molar-refractivity contribution in [2.24, 2.45) is 0 Å². The van der Waals surface area contributed by atoms with Crippen LogP contribution in [-0.2, 0) is 15.8 Å². The first-order chi connectivity index (χ1) is 17.9. The topological polar surface area (TPSA) is 96.2 Å². The van der Waals surface area contributed by atoms with Crippen molar-refractivity contribution in [2.45, 2.75) is 6.18 Å². The van der Waals surface area contributed by atoms with Gasteiger partial charge in [-0.15, -0.1) is 0 Å². The van der Waals surface area contributed by atoms with Crippen LogP contribution in [0.15, 0.2) is 47.4 Å². The summed E-state index contributed by atoms with van der Waals surface area (Å²) in [5, 5.41) is 11.4. The fourth-order valence-corrected chi connectivity index (χ4v) is 5.08. The Balaban J connectivity index is 1.31. The van der Waals surface area contributed by atoms with Crippen molar-refractivity contribution in [3.8, 4) is 5.75 Å². The van der Waals surface area contributed by atoms with E-state index in [0.717, 1.165) is 17.7 Å². The number of nitro groups is 1. The van der Waals surface area contributed by atoms with Crippen LogP contribution >= 0.6 is 24.0 Å². The summed E-state index contributed by atoms with van der Waals surface area (Å²) in [5.74, 6) is -0.00114. The van der Waals surface area contributed by atoms with Crippen LogP contribution in [0.5, 0.6) is 5.75 Å². The van der Waals surface area contributed by atoms with Gasteiger partial charge in [-0.25, -0.2) is 0 Å². The zero-order valence-corrected chi connectivity index (χ0v) is 21.6. The molecule has 0 N–H and O–H groups in total. The average Bonchev–Trinajstić information content (AvgIpc) is 3.13. The molecule has 2 fully saturated rings. The maximum atomic E-state index is 13.0. The Hall–Kier alpha value is -3.65. The molecule has 2 aromatic carbocycles. The number of hydrogen-bond donors (Lipinski definition) is 0. The van der Waals surface area contributed by atoms with Gasteiger partial charge in [-0.3, -0.25) is 24.6 Å². The standard InChI is InChI=1S/C24H21F3N4O5S2/c1-28-22(33)20(38-23(28)37)12-15-2-5-17(6-3-15)36-14-21(32)30-10-8-29(9-11-30)18-7-4-16(24(25,26)27)13-19(18)31(34)35/h2-7,12-13H,8-11,14H2,1H3/b20-12+. The van der Waals surface area contributed by atoms with E-state index in [1.165, 1.54) is 21.6 Å². The summed E-state index contributed by atoms with van der Waals surface area (Å²) in [7, 11) is 1.62. The Kier molecular flexibility index (Phi) is 7.92. The third kappa shape index (κ3) is 6.07. The second kappa shape index (κ2) is 11.0. The number of benzene rings is 2. The van der Waals surface area contributed by atoms with E-state index in [-0.39, 0.29) is 50.3 Å². The van der Waals surface area contributed by atoms with Crippen molar-refractivity contribution in [1.82, 2.24) is 9.80 Å². The maximum Gasteiger partial charge on any atom is 0.416 e. The highest BCUT2D eigenvalue weighted by Gasteiger charge is 2.34. The monoisotopic (exact) mass is 566 g/mol. The molecule has 2 amide bonds. The number of carbonyl (C=O) groups is 2. The number of nitrogens with zero attached hydrogens (tertiary/aromatic N) is 4. The molecule has 0 bridgehead atoms. The van der Waals surface area contributed by atoms with Gasteiger partial charge < -0.3 is 14.5 Å². The molecule has 14 heteroatoms. The number of ether oxygens (including phenoxy) is 1. The molecule has 38 heavy (non-hydrogen) atoms. The first-order valence-corrected chi connectivity index (χ1v) is 12.5. The predicted octanol–water partition coefficient (Wildman–Crippen LogP) is 4.17. The highest BCUT2D eigenvalue weighted by Crippen LogP contribution is 2.37. The van der Waals surface area contributed by atoms with Crippen LogP contribution in [0.4, 0.5) is 24.5 Å². The van der Waals surface area contributed by atoms with Crippen molar-refractivity contribution in [1.29, 1.82) is 0 Å². The van der Waals surface area contributed by atoms with Crippen LogP contribution in [0.25, 0.3) is 6.08 Å². The first-order valence-electron chi connectivity index (χ1n) is 11.3. The second-order valence-electron chi connectivity index (χ2n) is 8.42. The number of piperazine rings is 1. The lowest BCUT2D eigenvalue weighted by Gasteiger charge is -2.35. The van der Waals surface area contributed by atoms with Crippen molar-refractivity contribution in [3.63, 3.8) is 0 Å². The van der Waals surface area contributed by atoms with Gasteiger partial charge in [0.2, 0.25) is 0 Å². The average molecular weight is 567 g/mol.